The highest BCUT2D eigenvalue weighted by Gasteiger charge is 2.09. The third-order valence-corrected chi connectivity index (χ3v) is 5.10. The standard InChI is InChI=1S/C16H14O2.C13H9ClO.C3H6O/c1-12(17)11-13-7-9-15(10-8-13)16(18)14-5-3-2-4-6-14;14-12-8-6-11(7-9-12)13(15)10-4-2-1-3-5-10;1-3(2)4/h2-10H,11H2,1H3;1-9H;1-2H3. The molecule has 4 nitrogen and oxygen atoms in total. The number of rotatable bonds is 6. The molecule has 0 amide bonds. The van der Waals surface area contributed by atoms with Crippen LogP contribution in [0.3, 0.4) is 0 Å². The zero-order chi connectivity index (χ0) is 27.2. The minimum atomic E-state index is 0.00461. The van der Waals surface area contributed by atoms with Crippen molar-refractivity contribution in [2.75, 3.05) is 0 Å². The summed E-state index contributed by atoms with van der Waals surface area (Å²) in [6.07, 6.45) is 0.416. The first kappa shape index (κ1) is 29.1. The van der Waals surface area contributed by atoms with Gasteiger partial charge in [0.2, 0.25) is 0 Å². The van der Waals surface area contributed by atoms with Crippen LogP contribution < -0.4 is 0 Å². The molecule has 0 N–H and O–H groups in total. The van der Waals surface area contributed by atoms with Gasteiger partial charge in [-0.05, 0) is 50.6 Å². The number of ketones is 4. The molecule has 4 aromatic carbocycles. The maximum absolute atomic E-state index is 12.1. The molecule has 0 bridgehead atoms. The van der Waals surface area contributed by atoms with Crippen LogP contribution in [0.4, 0.5) is 0 Å². The lowest BCUT2D eigenvalue weighted by Crippen LogP contribution is -2.02. The number of hydrogen-bond donors (Lipinski definition) is 0. The average Bonchev–Trinajstić information content (AvgIpc) is 2.89. The Morgan fingerprint density at radius 1 is 0.514 bits per heavy atom. The molecular weight excluding hydrogens is 484 g/mol. The molecule has 0 aliphatic rings. The lowest BCUT2D eigenvalue weighted by atomic mass is 10.0. The number of benzene rings is 4. The maximum Gasteiger partial charge on any atom is 0.193 e. The summed E-state index contributed by atoms with van der Waals surface area (Å²) in [5, 5.41) is 0.639. The van der Waals surface area contributed by atoms with Crippen LogP contribution in [0.5, 0.6) is 0 Å². The van der Waals surface area contributed by atoms with E-state index in [2.05, 4.69) is 0 Å². The molecule has 0 saturated heterocycles. The van der Waals surface area contributed by atoms with Gasteiger partial charge >= 0.3 is 0 Å². The zero-order valence-electron chi connectivity index (χ0n) is 21.1. The Labute approximate surface area is 222 Å². The maximum atomic E-state index is 12.1. The third kappa shape index (κ3) is 10.6. The van der Waals surface area contributed by atoms with Gasteiger partial charge in [0.1, 0.15) is 11.6 Å². The van der Waals surface area contributed by atoms with E-state index >= 15 is 0 Å². The Hall–Kier alpha value is -4.15. The van der Waals surface area contributed by atoms with Crippen molar-refractivity contribution in [1.29, 1.82) is 0 Å². The highest BCUT2D eigenvalue weighted by atomic mass is 35.5. The summed E-state index contributed by atoms with van der Waals surface area (Å²) in [5.74, 6) is 0.314. The lowest BCUT2D eigenvalue weighted by molar-refractivity contribution is -0.116. The van der Waals surface area contributed by atoms with E-state index in [1.807, 2.05) is 48.5 Å². The second-order valence-corrected chi connectivity index (χ2v) is 8.82. The van der Waals surface area contributed by atoms with E-state index in [1.54, 1.807) is 67.6 Å². The smallest absolute Gasteiger partial charge is 0.193 e. The van der Waals surface area contributed by atoms with Crippen LogP contribution in [-0.4, -0.2) is 23.1 Å². The fraction of sp³-hybridized carbons (Fsp3) is 0.125. The molecular formula is C32H29ClO4. The van der Waals surface area contributed by atoms with Gasteiger partial charge in [0.05, 0.1) is 0 Å². The molecule has 4 rings (SSSR count). The highest BCUT2D eigenvalue weighted by Crippen LogP contribution is 2.14. The van der Waals surface area contributed by atoms with Crippen LogP contribution in [0.1, 0.15) is 58.2 Å². The summed E-state index contributed by atoms with van der Waals surface area (Å²) in [6, 6.07) is 32.5. The Balaban J connectivity index is 0.000000230. The van der Waals surface area contributed by atoms with Crippen LogP contribution in [0.15, 0.2) is 109 Å². The van der Waals surface area contributed by atoms with Crippen molar-refractivity contribution >= 4 is 34.7 Å². The van der Waals surface area contributed by atoms with Crippen LogP contribution >= 0.6 is 11.6 Å². The molecule has 0 atom stereocenters. The molecule has 0 heterocycles. The molecule has 0 aromatic heterocycles. The first-order valence-corrected chi connectivity index (χ1v) is 12.1. The predicted molar refractivity (Wildman–Crippen MR) is 148 cm³/mol. The molecule has 0 aliphatic carbocycles. The largest absolute Gasteiger partial charge is 0.300 e. The van der Waals surface area contributed by atoms with E-state index < -0.39 is 0 Å². The highest BCUT2D eigenvalue weighted by molar-refractivity contribution is 6.30. The second kappa shape index (κ2) is 15.1. The number of carbonyl (C=O) groups is 4. The summed E-state index contributed by atoms with van der Waals surface area (Å²) in [7, 11) is 0. The summed E-state index contributed by atoms with van der Waals surface area (Å²) in [5.41, 5.74) is 3.61. The summed E-state index contributed by atoms with van der Waals surface area (Å²) in [4.78, 5) is 44.5. The van der Waals surface area contributed by atoms with Gasteiger partial charge in [-0.1, -0.05) is 96.5 Å². The quantitative estimate of drug-likeness (QED) is 0.256. The van der Waals surface area contributed by atoms with E-state index in [0.29, 0.717) is 33.7 Å². The number of carbonyl (C=O) groups excluding carboxylic acids is 4. The predicted octanol–water partition coefficient (Wildman–Crippen LogP) is 7.22. The van der Waals surface area contributed by atoms with E-state index in [0.717, 1.165) is 5.56 Å². The fourth-order valence-corrected chi connectivity index (χ4v) is 3.30. The van der Waals surface area contributed by atoms with Crippen LogP contribution in [0, 0.1) is 0 Å². The van der Waals surface area contributed by atoms with E-state index in [-0.39, 0.29) is 23.1 Å². The second-order valence-electron chi connectivity index (χ2n) is 8.38. The van der Waals surface area contributed by atoms with E-state index in [4.69, 9.17) is 11.6 Å². The zero-order valence-corrected chi connectivity index (χ0v) is 21.9. The van der Waals surface area contributed by atoms with Gasteiger partial charge < -0.3 is 4.79 Å². The first-order chi connectivity index (χ1) is 17.7. The van der Waals surface area contributed by atoms with Crippen molar-refractivity contribution in [3.8, 4) is 0 Å². The monoisotopic (exact) mass is 512 g/mol. The van der Waals surface area contributed by atoms with Gasteiger partial charge in [0, 0.05) is 33.7 Å². The lowest BCUT2D eigenvalue weighted by Gasteiger charge is -2.02. The van der Waals surface area contributed by atoms with Gasteiger partial charge in [-0.15, -0.1) is 0 Å². The number of hydrogen-bond acceptors (Lipinski definition) is 4. The van der Waals surface area contributed by atoms with Crippen LogP contribution in [0.25, 0.3) is 0 Å². The van der Waals surface area contributed by atoms with Crippen molar-refractivity contribution < 1.29 is 19.2 Å². The Kier molecular flexibility index (Phi) is 11.8. The number of Topliss-reactive ketones (excluding diaryl/α,β-unsaturated/α-hetero) is 2. The molecule has 0 unspecified atom stereocenters. The van der Waals surface area contributed by atoms with Crippen molar-refractivity contribution in [3.05, 3.63) is 142 Å². The Morgan fingerprint density at radius 3 is 1.19 bits per heavy atom. The Morgan fingerprint density at radius 2 is 0.838 bits per heavy atom. The van der Waals surface area contributed by atoms with Crippen molar-refractivity contribution in [2.45, 2.75) is 27.2 Å². The molecule has 0 aliphatic heterocycles. The third-order valence-electron chi connectivity index (χ3n) is 4.85. The summed E-state index contributed by atoms with van der Waals surface area (Å²) >= 11 is 5.75. The van der Waals surface area contributed by atoms with E-state index in [1.165, 1.54) is 13.8 Å². The Bertz CT molecular complexity index is 1310. The van der Waals surface area contributed by atoms with Gasteiger partial charge in [0.25, 0.3) is 0 Å². The number of halogens is 1. The van der Waals surface area contributed by atoms with Gasteiger partial charge in [0.15, 0.2) is 11.6 Å². The molecule has 4 aromatic rings. The minimum Gasteiger partial charge on any atom is -0.300 e. The minimum absolute atomic E-state index is 0.00461. The summed E-state index contributed by atoms with van der Waals surface area (Å²) in [6.45, 7) is 4.61. The average molecular weight is 513 g/mol. The van der Waals surface area contributed by atoms with Crippen LogP contribution in [-0.2, 0) is 16.0 Å². The van der Waals surface area contributed by atoms with Crippen molar-refractivity contribution in [1.82, 2.24) is 0 Å². The molecule has 0 saturated carbocycles. The summed E-state index contributed by atoms with van der Waals surface area (Å²) < 4.78 is 0. The van der Waals surface area contributed by atoms with Gasteiger partial charge in [-0.3, -0.25) is 14.4 Å². The molecule has 188 valence electrons. The van der Waals surface area contributed by atoms with Gasteiger partial charge in [-0.25, -0.2) is 0 Å². The van der Waals surface area contributed by atoms with Crippen LogP contribution in [0.2, 0.25) is 5.02 Å². The normalized spacial score (nSPS) is 9.62. The topological polar surface area (TPSA) is 68.3 Å². The molecule has 0 spiro atoms. The molecule has 37 heavy (non-hydrogen) atoms. The SMILES string of the molecule is CC(=O)Cc1ccc(C(=O)c2ccccc2)cc1.CC(C)=O.O=C(c1ccccc1)c1ccc(Cl)cc1. The molecule has 0 fully saturated rings. The van der Waals surface area contributed by atoms with Crippen molar-refractivity contribution in [3.63, 3.8) is 0 Å². The van der Waals surface area contributed by atoms with Gasteiger partial charge in [-0.2, -0.15) is 0 Å². The van der Waals surface area contributed by atoms with Crippen molar-refractivity contribution in [2.24, 2.45) is 0 Å². The molecule has 0 radical (unpaired) electrons. The first-order valence-electron chi connectivity index (χ1n) is 11.7. The van der Waals surface area contributed by atoms with E-state index in [9.17, 15) is 19.2 Å². The fourth-order valence-electron chi connectivity index (χ4n) is 3.18. The molecule has 5 heteroatoms.